The number of carbonyl (C=O) groups is 3. The molecule has 0 saturated carbocycles. The van der Waals surface area contributed by atoms with E-state index in [4.69, 9.17) is 15.5 Å². The molecule has 10 heteroatoms. The summed E-state index contributed by atoms with van der Waals surface area (Å²) in [6.07, 6.45) is 0. The highest BCUT2D eigenvalue weighted by molar-refractivity contribution is 7.13. The van der Waals surface area contributed by atoms with E-state index < -0.39 is 24.5 Å². The number of esters is 1. The molecule has 0 aliphatic rings. The molecule has 3 N–H and O–H groups in total. The molecular weight excluding hydrogens is 418 g/mol. The predicted molar refractivity (Wildman–Crippen MR) is 115 cm³/mol. The molecule has 156 valence electrons. The van der Waals surface area contributed by atoms with Gasteiger partial charge in [-0.3, -0.25) is 10.1 Å². The number of aryl methyl sites for hydroxylation is 1. The van der Waals surface area contributed by atoms with Crippen LogP contribution in [-0.2, 0) is 9.53 Å². The Labute approximate surface area is 180 Å². The summed E-state index contributed by atoms with van der Waals surface area (Å²) in [4.78, 5) is 40.9. The van der Waals surface area contributed by atoms with Crippen molar-refractivity contribution in [2.45, 2.75) is 6.92 Å². The number of primary amides is 1. The smallest absolute Gasteiger partial charge is 0.339 e. The van der Waals surface area contributed by atoms with Crippen LogP contribution >= 0.6 is 11.3 Å². The average molecular weight is 435 g/mol. The summed E-state index contributed by atoms with van der Waals surface area (Å²) in [5.41, 5.74) is 7.57. The topological polar surface area (TPSA) is 129 Å². The van der Waals surface area contributed by atoms with Gasteiger partial charge < -0.3 is 10.5 Å². The molecule has 0 aliphatic carbocycles. The van der Waals surface area contributed by atoms with Gasteiger partial charge in [0, 0.05) is 0 Å². The van der Waals surface area contributed by atoms with E-state index in [9.17, 15) is 14.4 Å². The van der Waals surface area contributed by atoms with Crippen LogP contribution in [0, 0.1) is 6.92 Å². The Hall–Kier alpha value is -4.05. The number of pyridine rings is 1. The Balaban J connectivity index is 1.82. The molecule has 3 heterocycles. The first-order chi connectivity index (χ1) is 14.9. The number of para-hydroxylation sites is 1. The van der Waals surface area contributed by atoms with E-state index in [2.05, 4.69) is 5.10 Å². The summed E-state index contributed by atoms with van der Waals surface area (Å²) in [5.74, 6) is -1.55. The molecule has 0 atom stereocenters. The van der Waals surface area contributed by atoms with E-state index in [1.165, 1.54) is 11.3 Å². The lowest BCUT2D eigenvalue weighted by molar-refractivity contribution is -0.123. The molecule has 31 heavy (non-hydrogen) atoms. The number of rotatable bonds is 5. The molecule has 4 rings (SSSR count). The quantitative estimate of drug-likeness (QED) is 0.464. The van der Waals surface area contributed by atoms with Crippen LogP contribution in [0.25, 0.3) is 27.3 Å². The largest absolute Gasteiger partial charge is 0.452 e. The van der Waals surface area contributed by atoms with Crippen molar-refractivity contribution in [3.8, 4) is 16.3 Å². The number of nitrogens with one attached hydrogen (secondary N) is 1. The van der Waals surface area contributed by atoms with Crippen molar-refractivity contribution < 1.29 is 19.1 Å². The van der Waals surface area contributed by atoms with E-state index in [1.54, 1.807) is 17.7 Å². The minimum Gasteiger partial charge on any atom is -0.452 e. The maximum Gasteiger partial charge on any atom is 0.339 e. The molecule has 9 nitrogen and oxygen atoms in total. The van der Waals surface area contributed by atoms with Crippen LogP contribution in [0.15, 0.2) is 53.9 Å². The van der Waals surface area contributed by atoms with Gasteiger partial charge in [0.1, 0.15) is 0 Å². The number of nitrogens with two attached hydrogens (primary N) is 1. The van der Waals surface area contributed by atoms with Gasteiger partial charge in [0.05, 0.1) is 32.9 Å². The minimum absolute atomic E-state index is 0.222. The predicted octanol–water partition coefficient (Wildman–Crippen LogP) is 2.81. The van der Waals surface area contributed by atoms with Crippen molar-refractivity contribution in [3.63, 3.8) is 0 Å². The summed E-state index contributed by atoms with van der Waals surface area (Å²) in [5, 5.41) is 8.85. The summed E-state index contributed by atoms with van der Waals surface area (Å²) in [6, 6.07) is 13.8. The van der Waals surface area contributed by atoms with Gasteiger partial charge in [-0.25, -0.2) is 19.3 Å². The summed E-state index contributed by atoms with van der Waals surface area (Å²) in [7, 11) is 0. The fourth-order valence-electron chi connectivity index (χ4n) is 3.13. The molecule has 1 aromatic carbocycles. The number of hydrogen-bond acceptors (Lipinski definition) is 7. The number of fused-ring (bicyclic) bond motifs is 1. The van der Waals surface area contributed by atoms with Crippen LogP contribution in [0.5, 0.6) is 0 Å². The van der Waals surface area contributed by atoms with Gasteiger partial charge in [0.2, 0.25) is 0 Å². The standard InChI is InChI=1S/C21H17N5O4S/c1-12-18-14(20(28)30-11-17(27)24-21(22)29)10-15(16-8-5-9-31-16)23-19(18)26(25-12)13-6-3-2-4-7-13/h2-10H,11H2,1H3,(H3,22,24,27,29). The number of thiophene rings is 1. The minimum atomic E-state index is -1.02. The maximum atomic E-state index is 12.9. The second kappa shape index (κ2) is 8.36. The number of urea groups is 1. The van der Waals surface area contributed by atoms with Crippen molar-refractivity contribution in [2.75, 3.05) is 6.61 Å². The number of imide groups is 1. The lowest BCUT2D eigenvalue weighted by Crippen LogP contribution is -2.37. The zero-order chi connectivity index (χ0) is 22.0. The molecule has 0 radical (unpaired) electrons. The highest BCUT2D eigenvalue weighted by Crippen LogP contribution is 2.31. The van der Waals surface area contributed by atoms with Crippen molar-refractivity contribution >= 4 is 40.3 Å². The van der Waals surface area contributed by atoms with E-state index in [0.717, 1.165) is 10.6 Å². The van der Waals surface area contributed by atoms with Crippen LogP contribution in [-0.4, -0.2) is 39.3 Å². The molecule has 0 bridgehead atoms. The second-order valence-corrected chi connectivity index (χ2v) is 7.50. The molecule has 4 aromatic rings. The summed E-state index contributed by atoms with van der Waals surface area (Å²) >= 11 is 1.48. The number of carbonyl (C=O) groups excluding carboxylic acids is 3. The molecule has 0 spiro atoms. The number of nitrogens with zero attached hydrogens (tertiary/aromatic N) is 3. The van der Waals surface area contributed by atoms with Crippen molar-refractivity contribution in [2.24, 2.45) is 5.73 Å². The van der Waals surface area contributed by atoms with E-state index in [1.807, 2.05) is 53.2 Å². The number of amides is 3. The maximum absolute atomic E-state index is 12.9. The van der Waals surface area contributed by atoms with E-state index in [0.29, 0.717) is 22.4 Å². The van der Waals surface area contributed by atoms with Crippen molar-refractivity contribution in [1.29, 1.82) is 0 Å². The van der Waals surface area contributed by atoms with Gasteiger partial charge in [0.15, 0.2) is 12.3 Å². The molecular formula is C21H17N5O4S. The first-order valence-corrected chi connectivity index (χ1v) is 10.1. The lowest BCUT2D eigenvalue weighted by Gasteiger charge is -2.09. The van der Waals surface area contributed by atoms with Gasteiger partial charge >= 0.3 is 12.0 Å². The number of hydrogen-bond donors (Lipinski definition) is 2. The first kappa shape index (κ1) is 20.2. The second-order valence-electron chi connectivity index (χ2n) is 6.55. The van der Waals surface area contributed by atoms with Gasteiger partial charge in [-0.2, -0.15) is 5.10 Å². The Morgan fingerprint density at radius 1 is 1.16 bits per heavy atom. The number of benzene rings is 1. The van der Waals surface area contributed by atoms with Crippen LogP contribution in [0.2, 0.25) is 0 Å². The summed E-state index contributed by atoms with van der Waals surface area (Å²) < 4.78 is 6.79. The van der Waals surface area contributed by atoms with E-state index >= 15 is 0 Å². The molecule has 0 unspecified atom stereocenters. The highest BCUT2D eigenvalue weighted by atomic mass is 32.1. The Bertz CT molecular complexity index is 1280. The highest BCUT2D eigenvalue weighted by Gasteiger charge is 2.22. The molecule has 0 aliphatic heterocycles. The zero-order valence-electron chi connectivity index (χ0n) is 16.4. The van der Waals surface area contributed by atoms with Crippen LogP contribution in [0.3, 0.4) is 0 Å². The Morgan fingerprint density at radius 3 is 2.61 bits per heavy atom. The van der Waals surface area contributed by atoms with Crippen LogP contribution in [0.4, 0.5) is 4.79 Å². The van der Waals surface area contributed by atoms with E-state index in [-0.39, 0.29) is 5.56 Å². The molecule has 0 saturated heterocycles. The molecule has 0 fully saturated rings. The third-order valence-electron chi connectivity index (χ3n) is 4.40. The summed E-state index contributed by atoms with van der Waals surface area (Å²) in [6.45, 7) is 1.12. The van der Waals surface area contributed by atoms with Crippen LogP contribution in [0.1, 0.15) is 16.1 Å². The van der Waals surface area contributed by atoms with Crippen LogP contribution < -0.4 is 11.1 Å². The van der Waals surface area contributed by atoms with Crippen molar-refractivity contribution in [1.82, 2.24) is 20.1 Å². The fraction of sp³-hybridized carbons (Fsp3) is 0.0952. The third kappa shape index (κ3) is 4.14. The normalized spacial score (nSPS) is 10.7. The molecule has 3 aromatic heterocycles. The lowest BCUT2D eigenvalue weighted by atomic mass is 10.1. The monoisotopic (exact) mass is 435 g/mol. The van der Waals surface area contributed by atoms with Gasteiger partial charge in [-0.05, 0) is 36.6 Å². The number of aromatic nitrogens is 3. The fourth-order valence-corrected chi connectivity index (χ4v) is 3.82. The number of ether oxygens (including phenoxy) is 1. The van der Waals surface area contributed by atoms with Gasteiger partial charge in [-0.1, -0.05) is 24.3 Å². The third-order valence-corrected chi connectivity index (χ3v) is 5.30. The van der Waals surface area contributed by atoms with Crippen molar-refractivity contribution in [3.05, 3.63) is 65.2 Å². The SMILES string of the molecule is Cc1nn(-c2ccccc2)c2nc(-c3cccs3)cc(C(=O)OCC(=O)NC(N)=O)c12. The molecule has 3 amide bonds. The van der Waals surface area contributed by atoms with Gasteiger partial charge in [0.25, 0.3) is 5.91 Å². The first-order valence-electron chi connectivity index (χ1n) is 9.20. The zero-order valence-corrected chi connectivity index (χ0v) is 17.2. The average Bonchev–Trinajstić information content (AvgIpc) is 3.40. The Morgan fingerprint density at radius 2 is 1.94 bits per heavy atom. The Kier molecular flexibility index (Phi) is 5.46. The van der Waals surface area contributed by atoms with Gasteiger partial charge in [-0.15, -0.1) is 11.3 Å².